The lowest BCUT2D eigenvalue weighted by Crippen LogP contribution is -2.00. The number of ether oxygens (including phenoxy) is 1. The number of halogens is 1. The van der Waals surface area contributed by atoms with Gasteiger partial charge in [-0.05, 0) is 43.5 Å². The molecule has 13 heavy (non-hydrogen) atoms. The Balaban J connectivity index is 2.88. The second-order valence-electron chi connectivity index (χ2n) is 3.24. The van der Waals surface area contributed by atoms with E-state index in [-0.39, 0.29) is 0 Å². The van der Waals surface area contributed by atoms with Gasteiger partial charge in [-0.2, -0.15) is 0 Å². The molecule has 0 fully saturated rings. The molecule has 72 valence electrons. The SMILES string of the molecule is Cc1cc(C)c(OCCBr)cc1C. The van der Waals surface area contributed by atoms with Crippen LogP contribution in [0.3, 0.4) is 0 Å². The Bertz CT molecular complexity index is 294. The van der Waals surface area contributed by atoms with Gasteiger partial charge in [0.15, 0.2) is 0 Å². The van der Waals surface area contributed by atoms with E-state index in [1.807, 2.05) is 0 Å². The third-order valence-electron chi connectivity index (χ3n) is 2.13. The topological polar surface area (TPSA) is 9.23 Å². The van der Waals surface area contributed by atoms with Gasteiger partial charge in [0.05, 0.1) is 6.61 Å². The van der Waals surface area contributed by atoms with E-state index in [0.29, 0.717) is 0 Å². The van der Waals surface area contributed by atoms with Crippen molar-refractivity contribution in [3.63, 3.8) is 0 Å². The minimum atomic E-state index is 0.726. The number of hydrogen-bond donors (Lipinski definition) is 0. The lowest BCUT2D eigenvalue weighted by Gasteiger charge is -2.10. The van der Waals surface area contributed by atoms with Gasteiger partial charge in [-0.15, -0.1) is 0 Å². The molecule has 0 unspecified atom stereocenters. The average Bonchev–Trinajstić information content (AvgIpc) is 2.09. The van der Waals surface area contributed by atoms with Crippen molar-refractivity contribution < 1.29 is 4.74 Å². The summed E-state index contributed by atoms with van der Waals surface area (Å²) in [4.78, 5) is 0. The van der Waals surface area contributed by atoms with E-state index in [4.69, 9.17) is 4.74 Å². The Hall–Kier alpha value is -0.500. The van der Waals surface area contributed by atoms with Gasteiger partial charge >= 0.3 is 0 Å². The molecular formula is C11H15BrO. The summed E-state index contributed by atoms with van der Waals surface area (Å²) in [6.45, 7) is 7.03. The highest BCUT2D eigenvalue weighted by molar-refractivity contribution is 9.09. The highest BCUT2D eigenvalue weighted by Gasteiger charge is 2.01. The maximum Gasteiger partial charge on any atom is 0.122 e. The molecule has 0 aliphatic carbocycles. The van der Waals surface area contributed by atoms with Crippen molar-refractivity contribution in [2.24, 2.45) is 0 Å². The zero-order valence-electron chi connectivity index (χ0n) is 8.36. The van der Waals surface area contributed by atoms with Gasteiger partial charge in [0.25, 0.3) is 0 Å². The van der Waals surface area contributed by atoms with Gasteiger partial charge in [-0.3, -0.25) is 0 Å². The molecular weight excluding hydrogens is 228 g/mol. The molecule has 1 aromatic rings. The Kier molecular flexibility index (Phi) is 3.79. The van der Waals surface area contributed by atoms with Crippen LogP contribution in [0.2, 0.25) is 0 Å². The maximum atomic E-state index is 5.57. The Morgan fingerprint density at radius 2 is 1.69 bits per heavy atom. The highest BCUT2D eigenvalue weighted by atomic mass is 79.9. The summed E-state index contributed by atoms with van der Waals surface area (Å²) in [5.74, 6) is 1.00. The van der Waals surface area contributed by atoms with E-state index in [1.165, 1.54) is 16.7 Å². The molecule has 0 aliphatic rings. The first-order valence-electron chi connectivity index (χ1n) is 4.41. The zero-order valence-corrected chi connectivity index (χ0v) is 9.94. The van der Waals surface area contributed by atoms with Crippen molar-refractivity contribution >= 4 is 15.9 Å². The predicted octanol–water partition coefficient (Wildman–Crippen LogP) is 3.39. The second kappa shape index (κ2) is 4.66. The molecule has 1 nitrogen and oxygen atoms in total. The maximum absolute atomic E-state index is 5.57. The summed E-state index contributed by atoms with van der Waals surface area (Å²) in [5.41, 5.74) is 3.82. The molecule has 0 saturated heterocycles. The monoisotopic (exact) mass is 242 g/mol. The lowest BCUT2D eigenvalue weighted by atomic mass is 10.1. The summed E-state index contributed by atoms with van der Waals surface area (Å²) in [5, 5.41) is 0.874. The van der Waals surface area contributed by atoms with Crippen LogP contribution in [-0.2, 0) is 0 Å². The number of alkyl halides is 1. The molecule has 0 radical (unpaired) electrons. The van der Waals surface area contributed by atoms with Gasteiger partial charge in [0.1, 0.15) is 5.75 Å². The Labute approximate surface area is 88.2 Å². The van der Waals surface area contributed by atoms with Crippen LogP contribution in [0, 0.1) is 20.8 Å². The number of rotatable bonds is 3. The Morgan fingerprint density at radius 1 is 1.08 bits per heavy atom. The first kappa shape index (κ1) is 10.6. The van der Waals surface area contributed by atoms with Crippen LogP contribution in [0.25, 0.3) is 0 Å². The van der Waals surface area contributed by atoms with Crippen molar-refractivity contribution in [3.8, 4) is 5.75 Å². The van der Waals surface area contributed by atoms with Crippen molar-refractivity contribution in [2.75, 3.05) is 11.9 Å². The molecule has 1 aromatic carbocycles. The van der Waals surface area contributed by atoms with Crippen LogP contribution < -0.4 is 4.74 Å². The van der Waals surface area contributed by atoms with E-state index >= 15 is 0 Å². The van der Waals surface area contributed by atoms with Crippen LogP contribution in [0.1, 0.15) is 16.7 Å². The second-order valence-corrected chi connectivity index (χ2v) is 4.03. The highest BCUT2D eigenvalue weighted by Crippen LogP contribution is 2.22. The van der Waals surface area contributed by atoms with Gasteiger partial charge in [-0.25, -0.2) is 0 Å². The van der Waals surface area contributed by atoms with Crippen LogP contribution in [0.4, 0.5) is 0 Å². The predicted molar refractivity (Wildman–Crippen MR) is 59.9 cm³/mol. The van der Waals surface area contributed by atoms with E-state index in [0.717, 1.165) is 17.7 Å². The number of benzene rings is 1. The van der Waals surface area contributed by atoms with Crippen LogP contribution in [0.15, 0.2) is 12.1 Å². The largest absolute Gasteiger partial charge is 0.492 e. The van der Waals surface area contributed by atoms with Gasteiger partial charge in [-0.1, -0.05) is 22.0 Å². The fourth-order valence-corrected chi connectivity index (χ4v) is 1.40. The smallest absolute Gasteiger partial charge is 0.122 e. The third kappa shape index (κ3) is 2.73. The molecule has 0 saturated carbocycles. The first-order chi connectivity index (χ1) is 6.15. The van der Waals surface area contributed by atoms with Crippen molar-refractivity contribution in [1.82, 2.24) is 0 Å². The summed E-state index contributed by atoms with van der Waals surface area (Å²) in [6.07, 6.45) is 0. The van der Waals surface area contributed by atoms with E-state index < -0.39 is 0 Å². The molecule has 1 rings (SSSR count). The molecule has 0 heterocycles. The van der Waals surface area contributed by atoms with Crippen molar-refractivity contribution in [2.45, 2.75) is 20.8 Å². The number of hydrogen-bond acceptors (Lipinski definition) is 1. The van der Waals surface area contributed by atoms with Crippen LogP contribution in [-0.4, -0.2) is 11.9 Å². The normalized spacial score (nSPS) is 10.2. The molecule has 0 bridgehead atoms. The molecule has 0 aromatic heterocycles. The quantitative estimate of drug-likeness (QED) is 0.739. The molecule has 2 heteroatoms. The van der Waals surface area contributed by atoms with Gasteiger partial charge in [0.2, 0.25) is 0 Å². The third-order valence-corrected chi connectivity index (χ3v) is 2.45. The minimum absolute atomic E-state index is 0.726. The zero-order chi connectivity index (χ0) is 9.84. The summed E-state index contributed by atoms with van der Waals surface area (Å²) < 4.78 is 5.57. The molecule has 0 N–H and O–H groups in total. The van der Waals surface area contributed by atoms with E-state index in [9.17, 15) is 0 Å². The van der Waals surface area contributed by atoms with Gasteiger partial charge < -0.3 is 4.74 Å². The molecule has 0 aliphatic heterocycles. The van der Waals surface area contributed by atoms with Crippen LogP contribution >= 0.6 is 15.9 Å². The van der Waals surface area contributed by atoms with E-state index in [1.54, 1.807) is 0 Å². The van der Waals surface area contributed by atoms with Gasteiger partial charge in [0, 0.05) is 5.33 Å². The fourth-order valence-electron chi connectivity index (χ4n) is 1.24. The average molecular weight is 243 g/mol. The number of aryl methyl sites for hydroxylation is 3. The van der Waals surface area contributed by atoms with Crippen LogP contribution in [0.5, 0.6) is 5.75 Å². The first-order valence-corrected chi connectivity index (χ1v) is 5.54. The standard InChI is InChI=1S/C11H15BrO/c1-8-6-10(3)11(7-9(8)2)13-5-4-12/h6-7H,4-5H2,1-3H3. The van der Waals surface area contributed by atoms with E-state index in [2.05, 4.69) is 48.8 Å². The van der Waals surface area contributed by atoms with Crippen molar-refractivity contribution in [3.05, 3.63) is 28.8 Å². The minimum Gasteiger partial charge on any atom is -0.492 e. The summed E-state index contributed by atoms with van der Waals surface area (Å²) in [7, 11) is 0. The molecule has 0 amide bonds. The fraction of sp³-hybridized carbons (Fsp3) is 0.455. The summed E-state index contributed by atoms with van der Waals surface area (Å²) in [6, 6.07) is 4.27. The van der Waals surface area contributed by atoms with Crippen molar-refractivity contribution in [1.29, 1.82) is 0 Å². The summed E-state index contributed by atoms with van der Waals surface area (Å²) >= 11 is 3.34. The molecule has 0 spiro atoms. The lowest BCUT2D eigenvalue weighted by molar-refractivity contribution is 0.342. The molecule has 0 atom stereocenters. The Morgan fingerprint density at radius 3 is 2.31 bits per heavy atom.